The second kappa shape index (κ2) is 7.00. The monoisotopic (exact) mass is 281 g/mol. The van der Waals surface area contributed by atoms with Gasteiger partial charge in [-0.2, -0.15) is 5.10 Å². The number of hydrogen-bond donors (Lipinski definition) is 2. The minimum absolute atomic E-state index is 0.138. The van der Waals surface area contributed by atoms with Crippen molar-refractivity contribution in [3.8, 4) is 5.75 Å². The fourth-order valence-corrected chi connectivity index (χ4v) is 1.76. The number of phenols is 1. The summed E-state index contributed by atoms with van der Waals surface area (Å²) in [5.41, 5.74) is 4.15. The third-order valence-corrected chi connectivity index (χ3v) is 2.83. The van der Waals surface area contributed by atoms with Gasteiger partial charge in [0.1, 0.15) is 5.75 Å². The van der Waals surface area contributed by atoms with Crippen LogP contribution in [0.4, 0.5) is 0 Å². The van der Waals surface area contributed by atoms with Crippen LogP contribution in [0, 0.1) is 0 Å². The molecule has 0 fully saturated rings. The Balaban J connectivity index is 2.07. The fraction of sp³-hybridized carbons (Fsp3) is 0.0625. The number of carbonyl (C=O) groups is 1. The zero-order valence-electron chi connectivity index (χ0n) is 11.4. The maximum absolute atomic E-state index is 11.8. The van der Waals surface area contributed by atoms with Crippen LogP contribution < -0.4 is 5.43 Å². The molecule has 0 saturated carbocycles. The molecule has 21 heavy (non-hydrogen) atoms. The van der Waals surface area contributed by atoms with Crippen LogP contribution in [-0.4, -0.2) is 22.2 Å². The Bertz CT molecular complexity index is 666. The van der Waals surface area contributed by atoms with E-state index in [-0.39, 0.29) is 11.7 Å². The second-order valence-corrected chi connectivity index (χ2v) is 4.28. The molecular weight excluding hydrogens is 266 g/mol. The number of benzene rings is 1. The first-order valence-electron chi connectivity index (χ1n) is 6.37. The van der Waals surface area contributed by atoms with Gasteiger partial charge >= 0.3 is 0 Å². The molecule has 1 aromatic heterocycles. The number of hydrogen-bond acceptors (Lipinski definition) is 4. The number of nitrogens with zero attached hydrogens (tertiary/aromatic N) is 2. The van der Waals surface area contributed by atoms with Gasteiger partial charge in [-0.25, -0.2) is 5.43 Å². The molecule has 2 aromatic rings. The molecule has 0 atom stereocenters. The Labute approximate surface area is 122 Å². The largest absolute Gasteiger partial charge is 0.507 e. The summed E-state index contributed by atoms with van der Waals surface area (Å²) >= 11 is 0. The highest BCUT2D eigenvalue weighted by molar-refractivity contribution is 5.95. The van der Waals surface area contributed by atoms with Crippen LogP contribution in [0.3, 0.4) is 0 Å². The van der Waals surface area contributed by atoms with Gasteiger partial charge in [-0.1, -0.05) is 18.2 Å². The molecule has 106 valence electrons. The van der Waals surface area contributed by atoms with E-state index < -0.39 is 0 Å². The number of allylic oxidation sites excluding steroid dienone is 1. The van der Waals surface area contributed by atoms with E-state index in [0.29, 0.717) is 17.5 Å². The van der Waals surface area contributed by atoms with Crippen LogP contribution in [0.5, 0.6) is 5.75 Å². The maximum Gasteiger partial charge on any atom is 0.271 e. The lowest BCUT2D eigenvalue weighted by atomic mass is 10.1. The lowest BCUT2D eigenvalue weighted by Crippen LogP contribution is -2.17. The van der Waals surface area contributed by atoms with Crippen LogP contribution >= 0.6 is 0 Å². The van der Waals surface area contributed by atoms with Gasteiger partial charge in [-0.3, -0.25) is 9.78 Å². The highest BCUT2D eigenvalue weighted by Gasteiger charge is 2.05. The van der Waals surface area contributed by atoms with Gasteiger partial charge in [-0.15, -0.1) is 6.58 Å². The third kappa shape index (κ3) is 3.76. The molecule has 0 radical (unpaired) electrons. The first-order chi connectivity index (χ1) is 10.2. The van der Waals surface area contributed by atoms with Crippen molar-refractivity contribution in [1.29, 1.82) is 0 Å². The van der Waals surface area contributed by atoms with Crippen molar-refractivity contribution in [2.45, 2.75) is 6.42 Å². The SMILES string of the molecule is C=CCc1cccc(/C=N/NC(=O)c2ccncc2)c1O. The molecule has 0 unspecified atom stereocenters. The molecule has 2 rings (SSSR count). The maximum atomic E-state index is 11.8. The van der Waals surface area contributed by atoms with Crippen molar-refractivity contribution in [3.05, 3.63) is 72.1 Å². The quantitative estimate of drug-likeness (QED) is 0.501. The van der Waals surface area contributed by atoms with Crippen molar-refractivity contribution in [3.63, 3.8) is 0 Å². The van der Waals surface area contributed by atoms with Gasteiger partial charge in [0.15, 0.2) is 0 Å². The van der Waals surface area contributed by atoms with E-state index in [0.717, 1.165) is 5.56 Å². The van der Waals surface area contributed by atoms with Gasteiger partial charge in [0, 0.05) is 23.5 Å². The second-order valence-electron chi connectivity index (χ2n) is 4.28. The molecule has 5 nitrogen and oxygen atoms in total. The number of rotatable bonds is 5. The average molecular weight is 281 g/mol. The van der Waals surface area contributed by atoms with E-state index in [4.69, 9.17) is 0 Å². The van der Waals surface area contributed by atoms with Crippen molar-refractivity contribution in [2.24, 2.45) is 5.10 Å². The smallest absolute Gasteiger partial charge is 0.271 e. The fourth-order valence-electron chi connectivity index (χ4n) is 1.76. The standard InChI is InChI=1S/C16H15N3O2/c1-2-4-12-5-3-6-14(15(12)20)11-18-19-16(21)13-7-9-17-10-8-13/h2-3,5-11,20H,1,4H2,(H,19,21)/b18-11+. The zero-order chi connectivity index (χ0) is 15.1. The Hall–Kier alpha value is -2.95. The molecule has 0 aliphatic heterocycles. The molecule has 0 spiro atoms. The third-order valence-electron chi connectivity index (χ3n) is 2.83. The summed E-state index contributed by atoms with van der Waals surface area (Å²) in [7, 11) is 0. The van der Waals surface area contributed by atoms with Gasteiger partial charge in [0.25, 0.3) is 5.91 Å². The summed E-state index contributed by atoms with van der Waals surface area (Å²) in [5.74, 6) is -0.199. The molecule has 0 aliphatic rings. The molecule has 1 aromatic carbocycles. The first kappa shape index (κ1) is 14.5. The summed E-state index contributed by atoms with van der Waals surface area (Å²) in [4.78, 5) is 15.6. The van der Waals surface area contributed by atoms with Gasteiger partial charge in [0.05, 0.1) is 6.21 Å². The number of carbonyl (C=O) groups excluding carboxylic acids is 1. The zero-order valence-corrected chi connectivity index (χ0v) is 11.4. The molecule has 0 saturated heterocycles. The summed E-state index contributed by atoms with van der Waals surface area (Å²) < 4.78 is 0. The number of para-hydroxylation sites is 1. The number of pyridine rings is 1. The summed E-state index contributed by atoms with van der Waals surface area (Å²) in [6.07, 6.45) is 6.74. The number of aromatic hydroxyl groups is 1. The normalized spacial score (nSPS) is 10.5. The summed E-state index contributed by atoms with van der Waals surface area (Å²) in [6.45, 7) is 3.64. The molecule has 5 heteroatoms. The lowest BCUT2D eigenvalue weighted by Gasteiger charge is -2.04. The molecule has 2 N–H and O–H groups in total. The minimum Gasteiger partial charge on any atom is -0.507 e. The van der Waals surface area contributed by atoms with Crippen molar-refractivity contribution in [1.82, 2.24) is 10.4 Å². The lowest BCUT2D eigenvalue weighted by molar-refractivity contribution is 0.0955. The number of aromatic nitrogens is 1. The van der Waals surface area contributed by atoms with Crippen LogP contribution in [0.2, 0.25) is 0 Å². The topological polar surface area (TPSA) is 74.6 Å². The van der Waals surface area contributed by atoms with Crippen LogP contribution in [-0.2, 0) is 6.42 Å². The van der Waals surface area contributed by atoms with Crippen molar-refractivity contribution in [2.75, 3.05) is 0 Å². The van der Waals surface area contributed by atoms with E-state index in [1.54, 1.807) is 24.3 Å². The highest BCUT2D eigenvalue weighted by Crippen LogP contribution is 2.21. The van der Waals surface area contributed by atoms with Crippen LogP contribution in [0.1, 0.15) is 21.5 Å². The number of nitrogens with one attached hydrogen (secondary N) is 1. The van der Waals surface area contributed by atoms with Gasteiger partial charge in [-0.05, 0) is 30.2 Å². The highest BCUT2D eigenvalue weighted by atomic mass is 16.3. The Morgan fingerprint density at radius 3 is 2.81 bits per heavy atom. The molecule has 0 aliphatic carbocycles. The van der Waals surface area contributed by atoms with E-state index >= 15 is 0 Å². The molecular formula is C16H15N3O2. The Kier molecular flexibility index (Phi) is 4.82. The predicted octanol–water partition coefficient (Wildman–Crippen LogP) is 2.28. The van der Waals surface area contributed by atoms with Crippen molar-refractivity contribution < 1.29 is 9.90 Å². The molecule has 0 bridgehead atoms. The molecule has 1 amide bonds. The average Bonchev–Trinajstić information content (AvgIpc) is 2.52. The van der Waals surface area contributed by atoms with E-state index in [9.17, 15) is 9.90 Å². The predicted molar refractivity (Wildman–Crippen MR) is 81.3 cm³/mol. The summed E-state index contributed by atoms with van der Waals surface area (Å²) in [6, 6.07) is 8.51. The number of hydrazone groups is 1. The van der Waals surface area contributed by atoms with E-state index in [2.05, 4.69) is 22.1 Å². The number of amides is 1. The molecule has 1 heterocycles. The van der Waals surface area contributed by atoms with Gasteiger partial charge in [0.2, 0.25) is 0 Å². The Morgan fingerprint density at radius 2 is 2.10 bits per heavy atom. The van der Waals surface area contributed by atoms with E-state index in [1.807, 2.05) is 12.1 Å². The van der Waals surface area contributed by atoms with Crippen LogP contribution in [0.25, 0.3) is 0 Å². The number of phenolic OH excluding ortho intramolecular Hbond substituents is 1. The first-order valence-corrected chi connectivity index (χ1v) is 6.37. The summed E-state index contributed by atoms with van der Waals surface area (Å²) in [5, 5.41) is 13.9. The van der Waals surface area contributed by atoms with Crippen molar-refractivity contribution >= 4 is 12.1 Å². The minimum atomic E-state index is -0.338. The van der Waals surface area contributed by atoms with Gasteiger partial charge < -0.3 is 5.11 Å². The van der Waals surface area contributed by atoms with E-state index in [1.165, 1.54) is 18.6 Å². The van der Waals surface area contributed by atoms with Crippen LogP contribution in [0.15, 0.2) is 60.5 Å². The Morgan fingerprint density at radius 1 is 1.33 bits per heavy atom.